The zero-order valence-corrected chi connectivity index (χ0v) is 12.9. The molecule has 2 aromatic rings. The molecule has 1 nitrogen and oxygen atoms in total. The molecule has 100 valence electrons. The molecule has 2 aromatic carbocycles. The smallest absolute Gasteiger partial charge is 0.0685 e. The van der Waals surface area contributed by atoms with Crippen molar-refractivity contribution < 1.29 is 0 Å². The van der Waals surface area contributed by atoms with Crippen LogP contribution in [0.2, 0.25) is 20.1 Å². The average molecular weight is 335 g/mol. The monoisotopic (exact) mass is 333 g/mol. The first-order valence-electron chi connectivity index (χ1n) is 5.67. The fourth-order valence-electron chi connectivity index (χ4n) is 1.97. The van der Waals surface area contributed by atoms with Crippen molar-refractivity contribution in [1.82, 2.24) is 0 Å². The molecule has 0 amide bonds. The SMILES string of the molecule is NCCc1c(Cl)cccc1-c1c(Cl)ccc(Cl)c1Cl. The van der Waals surface area contributed by atoms with E-state index in [1.165, 1.54) is 0 Å². The molecule has 19 heavy (non-hydrogen) atoms. The van der Waals surface area contributed by atoms with E-state index in [-0.39, 0.29) is 0 Å². The molecule has 0 spiro atoms. The van der Waals surface area contributed by atoms with Gasteiger partial charge >= 0.3 is 0 Å². The lowest BCUT2D eigenvalue weighted by Gasteiger charge is -2.14. The molecule has 0 radical (unpaired) electrons. The lowest BCUT2D eigenvalue weighted by molar-refractivity contribution is 0.971. The molecule has 0 fully saturated rings. The quantitative estimate of drug-likeness (QED) is 0.740. The van der Waals surface area contributed by atoms with Gasteiger partial charge in [0.25, 0.3) is 0 Å². The predicted molar refractivity (Wildman–Crippen MR) is 84.7 cm³/mol. The molecule has 0 heterocycles. The van der Waals surface area contributed by atoms with E-state index in [4.69, 9.17) is 52.1 Å². The highest BCUT2D eigenvalue weighted by Gasteiger charge is 2.16. The van der Waals surface area contributed by atoms with Crippen LogP contribution < -0.4 is 5.73 Å². The van der Waals surface area contributed by atoms with E-state index < -0.39 is 0 Å². The lowest BCUT2D eigenvalue weighted by Crippen LogP contribution is -2.05. The van der Waals surface area contributed by atoms with Gasteiger partial charge in [-0.05, 0) is 42.3 Å². The summed E-state index contributed by atoms with van der Waals surface area (Å²) in [6, 6.07) is 8.98. The maximum Gasteiger partial charge on any atom is 0.0685 e. The van der Waals surface area contributed by atoms with Gasteiger partial charge < -0.3 is 5.73 Å². The zero-order chi connectivity index (χ0) is 14.0. The Kier molecular flexibility index (Phi) is 4.99. The zero-order valence-electron chi connectivity index (χ0n) is 9.89. The highest BCUT2D eigenvalue weighted by Crippen LogP contribution is 2.41. The molecule has 0 unspecified atom stereocenters. The summed E-state index contributed by atoms with van der Waals surface area (Å²) in [5.74, 6) is 0. The Bertz CT molecular complexity index is 611. The molecule has 2 N–H and O–H groups in total. The van der Waals surface area contributed by atoms with E-state index in [9.17, 15) is 0 Å². The van der Waals surface area contributed by atoms with E-state index in [1.807, 2.05) is 18.2 Å². The fraction of sp³-hybridized carbons (Fsp3) is 0.143. The third-order valence-electron chi connectivity index (χ3n) is 2.83. The van der Waals surface area contributed by atoms with Gasteiger partial charge in [0.1, 0.15) is 0 Å². The van der Waals surface area contributed by atoms with Crippen LogP contribution in [0.25, 0.3) is 11.1 Å². The van der Waals surface area contributed by atoms with E-state index in [0.29, 0.717) is 38.6 Å². The van der Waals surface area contributed by atoms with E-state index >= 15 is 0 Å². The second-order valence-electron chi connectivity index (χ2n) is 4.02. The number of hydrogen-bond acceptors (Lipinski definition) is 1. The van der Waals surface area contributed by atoms with Gasteiger partial charge in [0, 0.05) is 10.6 Å². The summed E-state index contributed by atoms with van der Waals surface area (Å²) < 4.78 is 0. The Labute approximate surface area is 132 Å². The Hall–Kier alpha value is -0.440. The topological polar surface area (TPSA) is 26.0 Å². The van der Waals surface area contributed by atoms with Gasteiger partial charge in [0.05, 0.1) is 15.1 Å². The molecule has 5 heteroatoms. The van der Waals surface area contributed by atoms with Crippen molar-refractivity contribution in [3.8, 4) is 11.1 Å². The van der Waals surface area contributed by atoms with Crippen LogP contribution in [0.5, 0.6) is 0 Å². The van der Waals surface area contributed by atoms with Gasteiger partial charge in [0.15, 0.2) is 0 Å². The highest BCUT2D eigenvalue weighted by molar-refractivity contribution is 6.46. The molecule has 0 aliphatic rings. The van der Waals surface area contributed by atoms with Gasteiger partial charge in [-0.3, -0.25) is 0 Å². The van der Waals surface area contributed by atoms with Gasteiger partial charge in [-0.15, -0.1) is 0 Å². The van der Waals surface area contributed by atoms with Crippen LogP contribution in [0.3, 0.4) is 0 Å². The molecule has 2 rings (SSSR count). The summed E-state index contributed by atoms with van der Waals surface area (Å²) in [5.41, 5.74) is 8.13. The van der Waals surface area contributed by atoms with Crippen LogP contribution >= 0.6 is 46.4 Å². The van der Waals surface area contributed by atoms with Crippen molar-refractivity contribution in [2.24, 2.45) is 5.73 Å². The highest BCUT2D eigenvalue weighted by atomic mass is 35.5. The molecular formula is C14H11Cl4N. The van der Waals surface area contributed by atoms with Crippen molar-refractivity contribution in [3.63, 3.8) is 0 Å². The maximum absolute atomic E-state index is 6.27. The first-order valence-corrected chi connectivity index (χ1v) is 7.18. The van der Waals surface area contributed by atoms with Gasteiger partial charge in [-0.1, -0.05) is 58.5 Å². The molecule has 0 aromatic heterocycles. The second kappa shape index (κ2) is 6.34. The van der Waals surface area contributed by atoms with Crippen LogP contribution in [-0.4, -0.2) is 6.54 Å². The van der Waals surface area contributed by atoms with Crippen molar-refractivity contribution in [2.45, 2.75) is 6.42 Å². The largest absolute Gasteiger partial charge is 0.330 e. The van der Waals surface area contributed by atoms with Crippen LogP contribution in [0.15, 0.2) is 30.3 Å². The van der Waals surface area contributed by atoms with Crippen molar-refractivity contribution in [3.05, 3.63) is 56.0 Å². The van der Waals surface area contributed by atoms with Gasteiger partial charge in [-0.2, -0.15) is 0 Å². The normalized spacial score (nSPS) is 10.8. The number of hydrogen-bond donors (Lipinski definition) is 1. The fourth-order valence-corrected chi connectivity index (χ4v) is 2.97. The van der Waals surface area contributed by atoms with Crippen molar-refractivity contribution >= 4 is 46.4 Å². The molecule has 0 aliphatic heterocycles. The van der Waals surface area contributed by atoms with Gasteiger partial charge in [0.2, 0.25) is 0 Å². The average Bonchev–Trinajstić information content (AvgIpc) is 2.38. The van der Waals surface area contributed by atoms with E-state index in [2.05, 4.69) is 0 Å². The minimum atomic E-state index is 0.426. The van der Waals surface area contributed by atoms with Crippen molar-refractivity contribution in [1.29, 1.82) is 0 Å². The van der Waals surface area contributed by atoms with Crippen LogP contribution in [0.4, 0.5) is 0 Å². The van der Waals surface area contributed by atoms with Gasteiger partial charge in [-0.25, -0.2) is 0 Å². The summed E-state index contributed by atoms with van der Waals surface area (Å²) in [6.45, 7) is 0.493. The number of benzene rings is 2. The standard InChI is InChI=1S/C14H11Cl4N/c15-10-3-1-2-9(8(10)6-7-19)13-11(16)4-5-12(17)14(13)18/h1-5H,6-7,19H2. The van der Waals surface area contributed by atoms with E-state index in [1.54, 1.807) is 12.1 Å². The van der Waals surface area contributed by atoms with Crippen LogP contribution in [0.1, 0.15) is 5.56 Å². The van der Waals surface area contributed by atoms with Crippen LogP contribution in [0, 0.1) is 0 Å². The number of halogens is 4. The van der Waals surface area contributed by atoms with Crippen molar-refractivity contribution in [2.75, 3.05) is 6.54 Å². The summed E-state index contributed by atoms with van der Waals surface area (Å²) in [5, 5.41) is 2.07. The maximum atomic E-state index is 6.27. The molecular weight excluding hydrogens is 324 g/mol. The second-order valence-corrected chi connectivity index (χ2v) is 5.62. The Morgan fingerprint density at radius 3 is 2.21 bits per heavy atom. The number of rotatable bonds is 3. The third kappa shape index (κ3) is 3.01. The predicted octanol–water partition coefficient (Wildman–Crippen LogP) is 5.47. The minimum Gasteiger partial charge on any atom is -0.330 e. The van der Waals surface area contributed by atoms with Crippen LogP contribution in [-0.2, 0) is 6.42 Å². The molecule has 0 saturated carbocycles. The third-order valence-corrected chi connectivity index (χ3v) is 4.30. The lowest BCUT2D eigenvalue weighted by atomic mass is 9.97. The van der Waals surface area contributed by atoms with E-state index in [0.717, 1.165) is 11.1 Å². The summed E-state index contributed by atoms with van der Waals surface area (Å²) in [4.78, 5) is 0. The first kappa shape index (κ1) is 15.0. The molecule has 0 atom stereocenters. The molecule has 0 saturated heterocycles. The first-order chi connectivity index (χ1) is 9.06. The molecule has 0 bridgehead atoms. The molecule has 0 aliphatic carbocycles. The summed E-state index contributed by atoms with van der Waals surface area (Å²) in [6.07, 6.45) is 0.647. The number of nitrogens with two attached hydrogens (primary N) is 1. The Balaban J connectivity index is 2.72. The summed E-state index contributed by atoms with van der Waals surface area (Å²) >= 11 is 24.8. The Morgan fingerprint density at radius 1 is 0.842 bits per heavy atom. The minimum absolute atomic E-state index is 0.426. The summed E-state index contributed by atoms with van der Waals surface area (Å²) in [7, 11) is 0. The Morgan fingerprint density at radius 2 is 1.53 bits per heavy atom.